The normalized spacial score (nSPS) is 15.8. The highest BCUT2D eigenvalue weighted by Gasteiger charge is 2.31. The van der Waals surface area contributed by atoms with Gasteiger partial charge in [0.15, 0.2) is 0 Å². The van der Waals surface area contributed by atoms with Crippen LogP contribution in [0.15, 0.2) is 0 Å². The smallest absolute Gasteiger partial charge is 0.326 e. The third-order valence-corrected chi connectivity index (χ3v) is 4.52. The van der Waals surface area contributed by atoms with Crippen molar-refractivity contribution in [2.75, 3.05) is 18.6 Å². The molecule has 0 saturated heterocycles. The molecule has 0 aromatic carbocycles. The third kappa shape index (κ3) is 9.87. The first-order valence-electron chi connectivity index (χ1n) is 8.83. The van der Waals surface area contributed by atoms with Crippen LogP contribution in [-0.4, -0.2) is 99.0 Å². The van der Waals surface area contributed by atoms with Gasteiger partial charge in [0.25, 0.3) is 0 Å². The molecule has 0 aliphatic carbocycles. The summed E-state index contributed by atoms with van der Waals surface area (Å²) in [5.41, 5.74) is 5.43. The van der Waals surface area contributed by atoms with E-state index in [1.807, 2.05) is 0 Å². The Labute approximate surface area is 176 Å². The van der Waals surface area contributed by atoms with E-state index in [1.165, 1.54) is 18.7 Å². The Morgan fingerprint density at radius 1 is 0.933 bits per heavy atom. The van der Waals surface area contributed by atoms with Crippen molar-refractivity contribution in [1.82, 2.24) is 16.0 Å². The van der Waals surface area contributed by atoms with Crippen LogP contribution >= 0.6 is 11.8 Å². The monoisotopic (exact) mass is 452 g/mol. The maximum absolute atomic E-state index is 12.4. The Hall–Kier alpha value is -2.42. The molecule has 0 spiro atoms. The Morgan fingerprint density at radius 3 is 1.87 bits per heavy atom. The van der Waals surface area contributed by atoms with Crippen LogP contribution in [0.25, 0.3) is 0 Å². The van der Waals surface area contributed by atoms with Gasteiger partial charge < -0.3 is 42.1 Å². The number of nitrogens with one attached hydrogen (secondary N) is 3. The van der Waals surface area contributed by atoms with Crippen molar-refractivity contribution in [3.05, 3.63) is 0 Å². The predicted octanol–water partition coefficient (Wildman–Crippen LogP) is -3.55. The molecule has 0 aromatic rings. The average molecular weight is 452 g/mol. The zero-order chi connectivity index (χ0) is 23.4. The van der Waals surface area contributed by atoms with Crippen molar-refractivity contribution in [2.45, 2.75) is 50.0 Å². The lowest BCUT2D eigenvalue weighted by molar-refractivity contribution is -0.143. The number of nitrogens with two attached hydrogens (primary N) is 1. The Kier molecular flexibility index (Phi) is 12.6. The summed E-state index contributed by atoms with van der Waals surface area (Å²) in [6.07, 6.45) is -0.304. The van der Waals surface area contributed by atoms with E-state index in [0.29, 0.717) is 5.75 Å². The second-order valence-electron chi connectivity index (χ2n) is 6.35. The van der Waals surface area contributed by atoms with Crippen molar-refractivity contribution in [2.24, 2.45) is 5.73 Å². The van der Waals surface area contributed by atoms with E-state index < -0.39 is 73.0 Å². The Morgan fingerprint density at radius 2 is 1.43 bits per heavy atom. The van der Waals surface area contributed by atoms with Crippen molar-refractivity contribution >= 4 is 41.4 Å². The molecule has 13 nitrogen and oxygen atoms in total. The molecule has 0 heterocycles. The van der Waals surface area contributed by atoms with Crippen LogP contribution in [0.4, 0.5) is 0 Å². The highest BCUT2D eigenvalue weighted by molar-refractivity contribution is 7.98. The highest BCUT2D eigenvalue weighted by atomic mass is 32.2. The summed E-state index contributed by atoms with van der Waals surface area (Å²) < 4.78 is 0. The second-order valence-corrected chi connectivity index (χ2v) is 7.34. The van der Waals surface area contributed by atoms with Gasteiger partial charge in [-0.1, -0.05) is 0 Å². The number of hydrogen-bond donors (Lipinski definition) is 8. The van der Waals surface area contributed by atoms with E-state index in [2.05, 4.69) is 16.0 Å². The average Bonchev–Trinajstić information content (AvgIpc) is 2.66. The lowest BCUT2D eigenvalue weighted by Gasteiger charge is -2.24. The predicted molar refractivity (Wildman–Crippen MR) is 105 cm³/mol. The number of carbonyl (C=O) groups excluding carboxylic acids is 3. The molecule has 0 fully saturated rings. The molecule has 172 valence electrons. The van der Waals surface area contributed by atoms with Crippen LogP contribution in [0.1, 0.15) is 19.8 Å². The number of hydrogen-bond acceptors (Lipinski definition) is 9. The number of aliphatic carboxylic acids is 2. The van der Waals surface area contributed by atoms with Crippen molar-refractivity contribution in [1.29, 1.82) is 0 Å². The van der Waals surface area contributed by atoms with Crippen LogP contribution in [-0.2, 0) is 24.0 Å². The minimum Gasteiger partial charge on any atom is -0.481 e. The topological polar surface area (TPSA) is 228 Å². The van der Waals surface area contributed by atoms with E-state index in [0.717, 1.165) is 0 Å². The van der Waals surface area contributed by atoms with E-state index in [9.17, 15) is 39.3 Å². The summed E-state index contributed by atoms with van der Waals surface area (Å²) >= 11 is 1.35. The Balaban J connectivity index is 5.26. The van der Waals surface area contributed by atoms with Gasteiger partial charge >= 0.3 is 11.9 Å². The Bertz CT molecular complexity index is 632. The number of aliphatic hydroxyl groups excluding tert-OH is 2. The lowest BCUT2D eigenvalue weighted by atomic mass is 10.1. The molecule has 0 saturated carbocycles. The second kappa shape index (κ2) is 13.7. The first kappa shape index (κ1) is 27.6. The molecule has 0 aromatic heterocycles. The molecule has 0 rings (SSSR count). The number of amides is 3. The van der Waals surface area contributed by atoms with Gasteiger partial charge in [0, 0.05) is 0 Å². The standard InChI is InChI=1S/C16H28N4O9S/c1-7(22)12(17)15(27)20-10(6-21)14(26)19-9(5-11(23)24)13(25)18-8(16(28)29)3-4-30-2/h7-10,12,21-22H,3-6,17H2,1-2H3,(H,18,25)(H,19,26)(H,20,27)(H,23,24)(H,28,29). The first-order valence-corrected chi connectivity index (χ1v) is 10.2. The minimum atomic E-state index is -1.66. The van der Waals surface area contributed by atoms with Gasteiger partial charge in [0.2, 0.25) is 17.7 Å². The van der Waals surface area contributed by atoms with Crippen LogP contribution in [0.2, 0.25) is 0 Å². The van der Waals surface area contributed by atoms with Gasteiger partial charge in [-0.2, -0.15) is 11.8 Å². The highest BCUT2D eigenvalue weighted by Crippen LogP contribution is 2.03. The molecule has 14 heteroatoms. The molecule has 5 atom stereocenters. The molecule has 0 aliphatic rings. The number of thioether (sulfide) groups is 1. The molecule has 9 N–H and O–H groups in total. The SMILES string of the molecule is CSCCC(NC(=O)C(CC(=O)O)NC(=O)C(CO)NC(=O)C(N)C(C)O)C(=O)O. The fourth-order valence-electron chi connectivity index (χ4n) is 2.10. The summed E-state index contributed by atoms with van der Waals surface area (Å²) in [5, 5.41) is 43.1. The summed E-state index contributed by atoms with van der Waals surface area (Å²) in [7, 11) is 0. The number of carboxylic acids is 2. The number of aliphatic hydroxyl groups is 2. The fraction of sp³-hybridized carbons (Fsp3) is 0.688. The first-order chi connectivity index (χ1) is 13.9. The molecular formula is C16H28N4O9S. The van der Waals surface area contributed by atoms with Gasteiger partial charge in [0.05, 0.1) is 19.1 Å². The largest absolute Gasteiger partial charge is 0.481 e. The summed E-state index contributed by atoms with van der Waals surface area (Å²) in [6.45, 7) is 0.332. The lowest BCUT2D eigenvalue weighted by Crippen LogP contribution is -2.59. The van der Waals surface area contributed by atoms with Gasteiger partial charge in [0.1, 0.15) is 24.2 Å². The van der Waals surface area contributed by atoms with Crippen LogP contribution in [0.3, 0.4) is 0 Å². The van der Waals surface area contributed by atoms with Crippen molar-refractivity contribution in [3.8, 4) is 0 Å². The summed E-state index contributed by atoms with van der Waals surface area (Å²) in [6, 6.07) is -5.94. The fourth-order valence-corrected chi connectivity index (χ4v) is 2.57. The van der Waals surface area contributed by atoms with Crippen LogP contribution in [0, 0.1) is 0 Å². The van der Waals surface area contributed by atoms with Crippen molar-refractivity contribution in [3.63, 3.8) is 0 Å². The van der Waals surface area contributed by atoms with Gasteiger partial charge in [-0.05, 0) is 25.4 Å². The maximum atomic E-state index is 12.4. The van der Waals surface area contributed by atoms with Crippen LogP contribution < -0.4 is 21.7 Å². The van der Waals surface area contributed by atoms with E-state index in [-0.39, 0.29) is 6.42 Å². The maximum Gasteiger partial charge on any atom is 0.326 e. The van der Waals surface area contributed by atoms with E-state index in [1.54, 1.807) is 6.26 Å². The van der Waals surface area contributed by atoms with Crippen molar-refractivity contribution < 1.29 is 44.4 Å². The van der Waals surface area contributed by atoms with Gasteiger partial charge in [-0.25, -0.2) is 4.79 Å². The third-order valence-electron chi connectivity index (χ3n) is 3.87. The van der Waals surface area contributed by atoms with Gasteiger partial charge in [-0.3, -0.25) is 19.2 Å². The van der Waals surface area contributed by atoms with Gasteiger partial charge in [-0.15, -0.1) is 0 Å². The molecule has 3 amide bonds. The van der Waals surface area contributed by atoms with E-state index in [4.69, 9.17) is 10.8 Å². The summed E-state index contributed by atoms with van der Waals surface area (Å²) in [4.78, 5) is 58.8. The molecule has 0 radical (unpaired) electrons. The molecular weight excluding hydrogens is 424 g/mol. The van der Waals surface area contributed by atoms with Crippen LogP contribution in [0.5, 0.6) is 0 Å². The summed E-state index contributed by atoms with van der Waals surface area (Å²) in [5.74, 6) is -5.47. The molecule has 0 bridgehead atoms. The quantitative estimate of drug-likeness (QED) is 0.129. The number of carbonyl (C=O) groups is 5. The minimum absolute atomic E-state index is 0.0720. The zero-order valence-electron chi connectivity index (χ0n) is 16.5. The number of carboxylic acid groups (broad SMARTS) is 2. The molecule has 30 heavy (non-hydrogen) atoms. The number of rotatable bonds is 14. The van der Waals surface area contributed by atoms with E-state index >= 15 is 0 Å². The molecule has 5 unspecified atom stereocenters. The zero-order valence-corrected chi connectivity index (χ0v) is 17.3. The molecule has 0 aliphatic heterocycles.